The molecule has 63 heavy (non-hydrogen) atoms. The van der Waals surface area contributed by atoms with Crippen LogP contribution in [0.4, 0.5) is 0 Å². The maximum Gasteiger partial charge on any atom is 0.258 e. The van der Waals surface area contributed by atoms with Crippen LogP contribution < -0.4 is 37.1 Å². The number of carbonyl (C=O) groups is 6. The summed E-state index contributed by atoms with van der Waals surface area (Å²) in [6.45, 7) is 4.63. The van der Waals surface area contributed by atoms with E-state index < -0.39 is 66.7 Å². The summed E-state index contributed by atoms with van der Waals surface area (Å²) in [5.74, 6) is -1.75. The number of aryl methyl sites for hydroxylation is 1. The van der Waals surface area contributed by atoms with Crippen molar-refractivity contribution < 1.29 is 43.7 Å². The molecule has 0 heterocycles. The number of rotatable bonds is 19. The maximum absolute atomic E-state index is 13.5. The van der Waals surface area contributed by atoms with Gasteiger partial charge >= 0.3 is 0 Å². The van der Waals surface area contributed by atoms with Crippen molar-refractivity contribution in [3.05, 3.63) is 95.1 Å². The van der Waals surface area contributed by atoms with E-state index in [1.807, 2.05) is 32.0 Å². The lowest BCUT2D eigenvalue weighted by Crippen LogP contribution is -2.55. The lowest BCUT2D eigenvalue weighted by atomic mass is 9.55. The first-order chi connectivity index (χ1) is 30.1. The summed E-state index contributed by atoms with van der Waals surface area (Å²) in [7, 11) is 0. The van der Waals surface area contributed by atoms with Crippen molar-refractivity contribution in [3.63, 3.8) is 0 Å². The van der Waals surface area contributed by atoms with Crippen LogP contribution in [0.25, 0.3) is 0 Å². The molecule has 3 aromatic rings. The van der Waals surface area contributed by atoms with Crippen LogP contribution in [-0.4, -0.2) is 89.6 Å². The van der Waals surface area contributed by atoms with E-state index in [2.05, 4.69) is 39.6 Å². The first-order valence-corrected chi connectivity index (χ1v) is 22.1. The molecule has 3 aliphatic rings. The zero-order valence-corrected chi connectivity index (χ0v) is 36.4. The number of phenolic OH excluding ortho intramolecular Hbond substituents is 1. The summed E-state index contributed by atoms with van der Waals surface area (Å²) < 4.78 is 5.93. The highest BCUT2D eigenvalue weighted by atomic mass is 16.5. The van der Waals surface area contributed by atoms with Crippen LogP contribution in [0.2, 0.25) is 0 Å². The second-order valence-corrected chi connectivity index (χ2v) is 18.1. The smallest absolute Gasteiger partial charge is 0.258 e. The zero-order valence-electron chi connectivity index (χ0n) is 36.4. The van der Waals surface area contributed by atoms with Crippen LogP contribution in [0.5, 0.6) is 11.5 Å². The largest absolute Gasteiger partial charge is 0.508 e. The molecule has 6 rings (SSSR count). The second-order valence-electron chi connectivity index (χ2n) is 18.1. The van der Waals surface area contributed by atoms with E-state index in [1.165, 1.54) is 23.3 Å². The number of aliphatic hydroxyl groups is 1. The number of phenols is 1. The highest BCUT2D eigenvalue weighted by Gasteiger charge is 2.54. The molecule has 6 amide bonds. The third-order valence-electron chi connectivity index (χ3n) is 13.2. The van der Waals surface area contributed by atoms with Gasteiger partial charge in [0.15, 0.2) is 6.61 Å². The van der Waals surface area contributed by atoms with Gasteiger partial charge in [0, 0.05) is 12.8 Å². The highest BCUT2D eigenvalue weighted by molar-refractivity contribution is 5.94. The van der Waals surface area contributed by atoms with Crippen molar-refractivity contribution in [2.45, 2.75) is 109 Å². The van der Waals surface area contributed by atoms with Gasteiger partial charge in [0.1, 0.15) is 29.6 Å². The Labute approximate surface area is 368 Å². The van der Waals surface area contributed by atoms with Crippen LogP contribution in [0.1, 0.15) is 87.5 Å². The number of ether oxygens (including phenoxy) is 1. The molecule has 338 valence electrons. The van der Waals surface area contributed by atoms with Gasteiger partial charge in [-0.25, -0.2) is 0 Å². The predicted octanol–water partition coefficient (Wildman–Crippen LogP) is 2.69. The molecule has 0 aromatic heterocycles. The minimum Gasteiger partial charge on any atom is -0.508 e. The van der Waals surface area contributed by atoms with Gasteiger partial charge in [0.25, 0.3) is 5.91 Å². The van der Waals surface area contributed by atoms with E-state index in [-0.39, 0.29) is 42.6 Å². The average molecular weight is 867 g/mol. The summed E-state index contributed by atoms with van der Waals surface area (Å²) in [4.78, 5) is 78.0. The Kier molecular flexibility index (Phi) is 15.5. The van der Waals surface area contributed by atoms with Crippen molar-refractivity contribution in [2.75, 3.05) is 19.7 Å². The highest BCUT2D eigenvalue weighted by Crippen LogP contribution is 2.61. The molecule has 0 aliphatic heterocycles. The van der Waals surface area contributed by atoms with E-state index in [1.54, 1.807) is 36.4 Å². The zero-order chi connectivity index (χ0) is 45.3. The molecule has 3 aliphatic carbocycles. The van der Waals surface area contributed by atoms with Crippen LogP contribution >= 0.6 is 0 Å². The molecular formula is C48H62N6O9. The van der Waals surface area contributed by atoms with E-state index in [9.17, 15) is 39.0 Å². The number of aliphatic hydroxyl groups excluding tert-OH is 1. The molecule has 0 radical (unpaired) electrons. The van der Waals surface area contributed by atoms with Crippen molar-refractivity contribution in [1.82, 2.24) is 26.6 Å². The van der Waals surface area contributed by atoms with Crippen molar-refractivity contribution >= 4 is 35.4 Å². The summed E-state index contributed by atoms with van der Waals surface area (Å²) >= 11 is 0. The molecule has 0 spiro atoms. The third-order valence-corrected chi connectivity index (χ3v) is 13.2. The molecule has 2 saturated carbocycles. The van der Waals surface area contributed by atoms with E-state index in [0.29, 0.717) is 35.5 Å². The number of fused-ring (bicyclic) bond motifs is 5. The summed E-state index contributed by atoms with van der Waals surface area (Å²) in [6, 6.07) is 18.0. The van der Waals surface area contributed by atoms with Crippen LogP contribution in [0, 0.1) is 23.2 Å². The van der Waals surface area contributed by atoms with Crippen LogP contribution in [-0.2, 0) is 48.0 Å². The van der Waals surface area contributed by atoms with Gasteiger partial charge in [-0.15, -0.1) is 0 Å². The molecule has 0 saturated heterocycles. The normalized spacial score (nSPS) is 22.5. The number of aromatic hydroxyl groups is 1. The molecule has 9 N–H and O–H groups in total. The summed E-state index contributed by atoms with van der Waals surface area (Å²) in [6.07, 6.45) is 6.19. The first kappa shape index (κ1) is 46.5. The van der Waals surface area contributed by atoms with Crippen LogP contribution in [0.15, 0.2) is 72.8 Å². The number of carbonyl (C=O) groups excluding carboxylic acids is 6. The van der Waals surface area contributed by atoms with E-state index in [0.717, 1.165) is 44.1 Å². The molecule has 2 fully saturated rings. The van der Waals surface area contributed by atoms with Crippen molar-refractivity contribution in [3.8, 4) is 11.5 Å². The summed E-state index contributed by atoms with van der Waals surface area (Å²) in [5.41, 5.74) is 9.46. The van der Waals surface area contributed by atoms with Crippen molar-refractivity contribution in [2.24, 2.45) is 28.9 Å². The van der Waals surface area contributed by atoms with Gasteiger partial charge in [-0.1, -0.05) is 69.3 Å². The quantitative estimate of drug-likeness (QED) is 0.0883. The van der Waals surface area contributed by atoms with Gasteiger partial charge in [-0.3, -0.25) is 28.8 Å². The average Bonchev–Trinajstić information content (AvgIpc) is 3.57. The Bertz CT molecular complexity index is 2110. The Hall–Kier alpha value is -5.96. The molecular weight excluding hydrogens is 805 g/mol. The van der Waals surface area contributed by atoms with Gasteiger partial charge in [-0.2, -0.15) is 0 Å². The van der Waals surface area contributed by atoms with Crippen molar-refractivity contribution in [1.29, 1.82) is 0 Å². The lowest BCUT2D eigenvalue weighted by molar-refractivity contribution is -0.132. The molecule has 4 unspecified atom stereocenters. The molecule has 15 nitrogen and oxygen atoms in total. The van der Waals surface area contributed by atoms with E-state index in [4.69, 9.17) is 10.5 Å². The standard InChI is InChI=1S/C48H62N6O9/c1-28(2)21-38(45(49)60)54-47(62)40(22-29-7-5-4-6-8-29)52-43(58)26-50-42(57)25-51-46(61)39(23-30-9-12-32(55)13-10-30)53-44(59)27-63-33-14-16-34-31(24-33)11-15-36-35(34)19-20-48(3)37(36)17-18-41(48)56/h4-10,12-14,16,24,28,35-41,55-56H,11,15,17-23,25-27H2,1-3H3,(H2,49,60)(H,50,57)(H,51,61)(H,52,58)(H,53,59)(H,54,62)/t35?,36?,37?,38-,39-,40-,41?,48-/m0/s1. The number of benzene rings is 3. The monoisotopic (exact) mass is 866 g/mol. The number of hydrogen-bond acceptors (Lipinski definition) is 9. The molecule has 3 aromatic carbocycles. The minimum atomic E-state index is -1.12. The fraction of sp³-hybridized carbons (Fsp3) is 0.500. The minimum absolute atomic E-state index is 0.000144. The number of nitrogens with two attached hydrogens (primary N) is 1. The molecule has 8 atom stereocenters. The first-order valence-electron chi connectivity index (χ1n) is 22.1. The fourth-order valence-corrected chi connectivity index (χ4v) is 9.91. The third kappa shape index (κ3) is 12.2. The maximum atomic E-state index is 13.5. The number of amides is 6. The topological polar surface area (TPSA) is 238 Å². The fourth-order valence-electron chi connectivity index (χ4n) is 9.91. The Morgan fingerprint density at radius 1 is 0.762 bits per heavy atom. The number of nitrogens with one attached hydrogen (secondary N) is 5. The molecule has 15 heteroatoms. The Morgan fingerprint density at radius 2 is 1.43 bits per heavy atom. The van der Waals surface area contributed by atoms with E-state index >= 15 is 0 Å². The molecule has 0 bridgehead atoms. The predicted molar refractivity (Wildman–Crippen MR) is 235 cm³/mol. The van der Waals surface area contributed by atoms with Gasteiger partial charge in [0.05, 0.1) is 19.2 Å². The second kappa shape index (κ2) is 20.9. The van der Waals surface area contributed by atoms with Crippen LogP contribution in [0.3, 0.4) is 0 Å². The van der Waals surface area contributed by atoms with Gasteiger partial charge in [0.2, 0.25) is 29.5 Å². The SMILES string of the molecule is CC(C)C[C@H](NC(=O)[C@H](Cc1ccccc1)NC(=O)CNC(=O)CNC(=O)[C@H](Cc1ccc(O)cc1)NC(=O)COc1ccc2c(c1)CCC1C2CC[C@]2(C)C(O)CCC12)C(N)=O. The Morgan fingerprint density at radius 3 is 2.13 bits per heavy atom. The van der Waals surface area contributed by atoms with Gasteiger partial charge < -0.3 is 47.3 Å². The Balaban J connectivity index is 1.01. The van der Waals surface area contributed by atoms with Gasteiger partial charge in [-0.05, 0) is 121 Å². The summed E-state index contributed by atoms with van der Waals surface area (Å²) in [5, 5.41) is 33.5. The number of primary amides is 1. The number of hydrogen-bond donors (Lipinski definition) is 8. The lowest BCUT2D eigenvalue weighted by Gasteiger charge is -2.50.